The number of nitrogens with two attached hydrogens (primary N) is 1. The van der Waals surface area contributed by atoms with E-state index in [1.807, 2.05) is 31.2 Å². The molecule has 2 rings (SSSR count). The Labute approximate surface area is 94.1 Å². The van der Waals surface area contributed by atoms with Crippen molar-refractivity contribution in [3.63, 3.8) is 0 Å². The molecule has 2 aromatic rings. The van der Waals surface area contributed by atoms with E-state index in [0.717, 1.165) is 11.3 Å². The molecule has 2 heterocycles. The Hall–Kier alpha value is -1.81. The quantitative estimate of drug-likeness (QED) is 0.855. The minimum absolute atomic E-state index is 0.0195. The molecule has 1 atom stereocenters. The normalized spacial score (nSPS) is 12.4. The molecule has 0 bridgehead atoms. The SMILES string of the molecule is CC(N)c1ccnc(OCc2ccco2)c1. The van der Waals surface area contributed by atoms with Crippen molar-refractivity contribution in [3.05, 3.63) is 48.0 Å². The van der Waals surface area contributed by atoms with Crippen LogP contribution in [0.15, 0.2) is 41.1 Å². The number of hydrogen-bond acceptors (Lipinski definition) is 4. The van der Waals surface area contributed by atoms with E-state index < -0.39 is 0 Å². The summed E-state index contributed by atoms with van der Waals surface area (Å²) in [7, 11) is 0. The van der Waals surface area contributed by atoms with Gasteiger partial charge in [-0.3, -0.25) is 0 Å². The summed E-state index contributed by atoms with van der Waals surface area (Å²) in [6.45, 7) is 2.30. The number of furan rings is 1. The Morgan fingerprint density at radius 2 is 2.38 bits per heavy atom. The molecule has 0 aliphatic heterocycles. The zero-order chi connectivity index (χ0) is 11.4. The van der Waals surface area contributed by atoms with Crippen LogP contribution in [0.1, 0.15) is 24.3 Å². The van der Waals surface area contributed by atoms with Gasteiger partial charge >= 0.3 is 0 Å². The van der Waals surface area contributed by atoms with E-state index >= 15 is 0 Å². The largest absolute Gasteiger partial charge is 0.469 e. The average molecular weight is 218 g/mol. The Bertz CT molecular complexity index is 438. The van der Waals surface area contributed by atoms with E-state index in [9.17, 15) is 0 Å². The predicted octanol–water partition coefficient (Wildman–Crippen LogP) is 2.27. The van der Waals surface area contributed by atoms with Crippen molar-refractivity contribution < 1.29 is 9.15 Å². The van der Waals surface area contributed by atoms with Gasteiger partial charge in [-0.25, -0.2) is 4.98 Å². The van der Waals surface area contributed by atoms with Crippen LogP contribution < -0.4 is 10.5 Å². The van der Waals surface area contributed by atoms with Crippen LogP contribution in [0.5, 0.6) is 5.88 Å². The van der Waals surface area contributed by atoms with E-state index in [1.165, 1.54) is 0 Å². The van der Waals surface area contributed by atoms with Crippen LogP contribution in [0.2, 0.25) is 0 Å². The molecular formula is C12H14N2O2. The minimum Gasteiger partial charge on any atom is -0.469 e. The van der Waals surface area contributed by atoms with Gasteiger partial charge in [0.15, 0.2) is 0 Å². The van der Waals surface area contributed by atoms with Gasteiger partial charge in [0.05, 0.1) is 6.26 Å². The van der Waals surface area contributed by atoms with Gasteiger partial charge in [0, 0.05) is 18.3 Å². The van der Waals surface area contributed by atoms with Gasteiger partial charge in [0.25, 0.3) is 0 Å². The fourth-order valence-corrected chi connectivity index (χ4v) is 1.33. The summed E-state index contributed by atoms with van der Waals surface area (Å²) in [4.78, 5) is 4.10. The molecule has 0 aliphatic rings. The zero-order valence-corrected chi connectivity index (χ0v) is 9.09. The molecule has 0 saturated carbocycles. The van der Waals surface area contributed by atoms with Crippen molar-refractivity contribution >= 4 is 0 Å². The monoisotopic (exact) mass is 218 g/mol. The Morgan fingerprint density at radius 1 is 1.50 bits per heavy atom. The average Bonchev–Trinajstić information content (AvgIpc) is 2.79. The van der Waals surface area contributed by atoms with Crippen LogP contribution in [-0.2, 0) is 6.61 Å². The number of nitrogens with zero attached hydrogens (tertiary/aromatic N) is 1. The molecule has 16 heavy (non-hydrogen) atoms. The van der Waals surface area contributed by atoms with Gasteiger partial charge in [-0.2, -0.15) is 0 Å². The van der Waals surface area contributed by atoms with E-state index in [2.05, 4.69) is 4.98 Å². The third kappa shape index (κ3) is 2.61. The highest BCUT2D eigenvalue weighted by molar-refractivity contribution is 5.22. The molecule has 84 valence electrons. The molecule has 4 heteroatoms. The first-order valence-electron chi connectivity index (χ1n) is 5.12. The molecule has 0 spiro atoms. The van der Waals surface area contributed by atoms with Gasteiger partial charge in [-0.05, 0) is 30.7 Å². The van der Waals surface area contributed by atoms with Crippen molar-refractivity contribution in [1.29, 1.82) is 0 Å². The lowest BCUT2D eigenvalue weighted by Crippen LogP contribution is -2.05. The van der Waals surface area contributed by atoms with Crippen molar-refractivity contribution in [2.24, 2.45) is 5.73 Å². The highest BCUT2D eigenvalue weighted by atomic mass is 16.5. The fourth-order valence-electron chi connectivity index (χ4n) is 1.33. The first kappa shape index (κ1) is 10.7. The zero-order valence-electron chi connectivity index (χ0n) is 9.09. The Morgan fingerprint density at radius 3 is 3.06 bits per heavy atom. The smallest absolute Gasteiger partial charge is 0.213 e. The molecule has 0 fully saturated rings. The highest BCUT2D eigenvalue weighted by Crippen LogP contribution is 2.15. The van der Waals surface area contributed by atoms with Crippen molar-refractivity contribution in [3.8, 4) is 5.88 Å². The maximum Gasteiger partial charge on any atom is 0.213 e. The van der Waals surface area contributed by atoms with E-state index in [4.69, 9.17) is 14.9 Å². The summed E-state index contributed by atoms with van der Waals surface area (Å²) >= 11 is 0. The highest BCUT2D eigenvalue weighted by Gasteiger charge is 2.03. The van der Waals surface area contributed by atoms with Crippen LogP contribution >= 0.6 is 0 Å². The predicted molar refractivity (Wildman–Crippen MR) is 59.9 cm³/mol. The van der Waals surface area contributed by atoms with Gasteiger partial charge < -0.3 is 14.9 Å². The summed E-state index contributed by atoms with van der Waals surface area (Å²) < 4.78 is 10.6. The molecular weight excluding hydrogens is 204 g/mol. The molecule has 0 amide bonds. The molecule has 4 nitrogen and oxygen atoms in total. The van der Waals surface area contributed by atoms with E-state index in [1.54, 1.807) is 12.5 Å². The molecule has 0 aliphatic carbocycles. The van der Waals surface area contributed by atoms with Crippen LogP contribution in [0.3, 0.4) is 0 Å². The lowest BCUT2D eigenvalue weighted by Gasteiger charge is -2.07. The second kappa shape index (κ2) is 4.81. The standard InChI is InChI=1S/C12H14N2O2/c1-9(13)10-4-5-14-12(7-10)16-8-11-3-2-6-15-11/h2-7,9H,8,13H2,1H3. The van der Waals surface area contributed by atoms with Crippen LogP contribution in [0, 0.1) is 0 Å². The van der Waals surface area contributed by atoms with Crippen molar-refractivity contribution in [2.45, 2.75) is 19.6 Å². The third-order valence-electron chi connectivity index (χ3n) is 2.23. The summed E-state index contributed by atoms with van der Waals surface area (Å²) in [5, 5.41) is 0. The van der Waals surface area contributed by atoms with E-state index in [-0.39, 0.29) is 6.04 Å². The number of aromatic nitrogens is 1. The van der Waals surface area contributed by atoms with Gasteiger partial charge in [-0.15, -0.1) is 0 Å². The van der Waals surface area contributed by atoms with Gasteiger partial charge in [0.1, 0.15) is 12.4 Å². The van der Waals surface area contributed by atoms with Gasteiger partial charge in [-0.1, -0.05) is 0 Å². The molecule has 2 aromatic heterocycles. The lowest BCUT2D eigenvalue weighted by molar-refractivity contribution is 0.260. The molecule has 0 saturated heterocycles. The van der Waals surface area contributed by atoms with Crippen molar-refractivity contribution in [1.82, 2.24) is 4.98 Å². The summed E-state index contributed by atoms with van der Waals surface area (Å²) in [6, 6.07) is 7.38. The summed E-state index contributed by atoms with van der Waals surface area (Å²) in [6.07, 6.45) is 3.31. The fraction of sp³-hybridized carbons (Fsp3) is 0.250. The number of ether oxygens (including phenoxy) is 1. The maximum absolute atomic E-state index is 5.77. The van der Waals surface area contributed by atoms with Crippen LogP contribution in [-0.4, -0.2) is 4.98 Å². The van der Waals surface area contributed by atoms with E-state index in [0.29, 0.717) is 12.5 Å². The molecule has 1 unspecified atom stereocenters. The lowest BCUT2D eigenvalue weighted by atomic mass is 10.1. The molecule has 2 N–H and O–H groups in total. The summed E-state index contributed by atoms with van der Waals surface area (Å²) in [5.74, 6) is 1.33. The number of rotatable bonds is 4. The minimum atomic E-state index is -0.0195. The van der Waals surface area contributed by atoms with Crippen LogP contribution in [0.4, 0.5) is 0 Å². The summed E-state index contributed by atoms with van der Waals surface area (Å²) in [5.41, 5.74) is 6.78. The van der Waals surface area contributed by atoms with Crippen LogP contribution in [0.25, 0.3) is 0 Å². The first-order valence-corrected chi connectivity index (χ1v) is 5.12. The third-order valence-corrected chi connectivity index (χ3v) is 2.23. The second-order valence-electron chi connectivity index (χ2n) is 3.58. The number of hydrogen-bond donors (Lipinski definition) is 1. The van der Waals surface area contributed by atoms with Gasteiger partial charge in [0.2, 0.25) is 5.88 Å². The second-order valence-corrected chi connectivity index (χ2v) is 3.58. The molecule has 0 radical (unpaired) electrons. The maximum atomic E-state index is 5.77. The Kier molecular flexibility index (Phi) is 3.22. The number of pyridine rings is 1. The van der Waals surface area contributed by atoms with Crippen molar-refractivity contribution in [2.75, 3.05) is 0 Å². The Balaban J connectivity index is 2.01. The molecule has 0 aromatic carbocycles. The first-order chi connectivity index (χ1) is 7.75. The topological polar surface area (TPSA) is 61.3 Å².